The molecule has 12 heteroatoms. The molecule has 0 radical (unpaired) electrons. The number of amides is 1. The molecule has 0 aliphatic heterocycles. The number of hydrogen-bond donors (Lipinski definition) is 7. The first kappa shape index (κ1) is 31.0. The summed E-state index contributed by atoms with van der Waals surface area (Å²) in [5.74, 6) is -4.16. The van der Waals surface area contributed by atoms with Crippen LogP contribution in [0.15, 0.2) is 48.6 Å². The van der Waals surface area contributed by atoms with Gasteiger partial charge in [-0.2, -0.15) is 0 Å². The Kier molecular flexibility index (Phi) is 10.3. The molecule has 0 saturated heterocycles. The molecule has 1 fully saturated rings. The molecular weight excluding hydrogens is 538 g/mol. The van der Waals surface area contributed by atoms with Gasteiger partial charge in [0.1, 0.15) is 23.9 Å². The van der Waals surface area contributed by atoms with E-state index in [4.69, 9.17) is 9.47 Å². The summed E-state index contributed by atoms with van der Waals surface area (Å²) in [6.45, 7) is 2.20. The Morgan fingerprint density at radius 1 is 0.854 bits per heavy atom. The summed E-state index contributed by atoms with van der Waals surface area (Å²) < 4.78 is 10.7. The molecule has 0 aromatic heterocycles. The fraction of sp³-hybridized carbons (Fsp3) is 0.345. The number of rotatable bonds is 10. The molecular formula is C29H33NO11. The summed E-state index contributed by atoms with van der Waals surface area (Å²) in [5, 5.41) is 62.8. The zero-order chi connectivity index (χ0) is 30.2. The van der Waals surface area contributed by atoms with Gasteiger partial charge in [0, 0.05) is 31.5 Å². The topological polar surface area (TPSA) is 203 Å². The Morgan fingerprint density at radius 2 is 1.32 bits per heavy atom. The Labute approximate surface area is 235 Å². The molecule has 1 amide bonds. The van der Waals surface area contributed by atoms with Crippen molar-refractivity contribution in [1.82, 2.24) is 5.32 Å². The summed E-state index contributed by atoms with van der Waals surface area (Å²) in [4.78, 5) is 37.9. The van der Waals surface area contributed by atoms with E-state index in [0.29, 0.717) is 17.5 Å². The average Bonchev–Trinajstić information content (AvgIpc) is 2.92. The monoisotopic (exact) mass is 571 g/mol. The second-order valence-corrected chi connectivity index (χ2v) is 9.65. The van der Waals surface area contributed by atoms with Gasteiger partial charge in [0.05, 0.1) is 0 Å². The van der Waals surface area contributed by atoms with Crippen molar-refractivity contribution < 1.29 is 54.5 Å². The van der Waals surface area contributed by atoms with Crippen molar-refractivity contribution in [2.24, 2.45) is 0 Å². The van der Waals surface area contributed by atoms with E-state index in [9.17, 15) is 45.0 Å². The van der Waals surface area contributed by atoms with Crippen LogP contribution in [0.25, 0.3) is 12.2 Å². The summed E-state index contributed by atoms with van der Waals surface area (Å²) >= 11 is 0. The van der Waals surface area contributed by atoms with E-state index in [1.165, 1.54) is 48.6 Å². The molecule has 4 atom stereocenters. The number of aromatic hydroxyl groups is 4. The van der Waals surface area contributed by atoms with Crippen molar-refractivity contribution in [2.45, 2.75) is 56.5 Å². The highest BCUT2D eigenvalue weighted by Gasteiger charge is 2.51. The zero-order valence-electron chi connectivity index (χ0n) is 22.3. The number of carbonyl (C=O) groups is 3. The Morgan fingerprint density at radius 3 is 1.73 bits per heavy atom. The Balaban J connectivity index is 1.76. The Bertz CT molecular complexity index is 1230. The van der Waals surface area contributed by atoms with E-state index >= 15 is 0 Å². The van der Waals surface area contributed by atoms with Gasteiger partial charge < -0.3 is 45.4 Å². The number of esters is 2. The molecule has 3 rings (SSSR count). The maximum atomic E-state index is 12.9. The van der Waals surface area contributed by atoms with E-state index in [1.807, 2.05) is 6.92 Å². The van der Waals surface area contributed by atoms with Gasteiger partial charge >= 0.3 is 11.9 Å². The second kappa shape index (κ2) is 13.7. The number of hydrogen-bond acceptors (Lipinski definition) is 11. The predicted octanol–water partition coefficient (Wildman–Crippen LogP) is 1.86. The van der Waals surface area contributed by atoms with Crippen molar-refractivity contribution in [2.75, 3.05) is 6.54 Å². The molecule has 220 valence electrons. The quantitative estimate of drug-likeness (QED) is 0.0949. The maximum Gasteiger partial charge on any atom is 0.331 e. The fourth-order valence-corrected chi connectivity index (χ4v) is 4.18. The number of nitrogens with one attached hydrogen (secondary N) is 1. The highest BCUT2D eigenvalue weighted by atomic mass is 16.6. The highest BCUT2D eigenvalue weighted by Crippen LogP contribution is 2.34. The van der Waals surface area contributed by atoms with Gasteiger partial charge in [-0.1, -0.05) is 25.5 Å². The largest absolute Gasteiger partial charge is 0.504 e. The number of unbranched alkanes of at least 4 members (excludes halogenated alkanes) is 1. The summed E-state index contributed by atoms with van der Waals surface area (Å²) in [7, 11) is 0. The van der Waals surface area contributed by atoms with Crippen LogP contribution in [0.4, 0.5) is 0 Å². The van der Waals surface area contributed by atoms with Crippen molar-refractivity contribution in [1.29, 1.82) is 0 Å². The van der Waals surface area contributed by atoms with Crippen LogP contribution >= 0.6 is 0 Å². The third-order valence-electron chi connectivity index (χ3n) is 6.44. The van der Waals surface area contributed by atoms with Gasteiger partial charge in [-0.15, -0.1) is 0 Å². The molecule has 12 nitrogen and oxygen atoms in total. The third-order valence-corrected chi connectivity index (χ3v) is 6.44. The zero-order valence-corrected chi connectivity index (χ0v) is 22.3. The average molecular weight is 572 g/mol. The van der Waals surface area contributed by atoms with E-state index in [-0.39, 0.29) is 18.0 Å². The van der Waals surface area contributed by atoms with Crippen molar-refractivity contribution >= 4 is 30.0 Å². The van der Waals surface area contributed by atoms with Gasteiger partial charge in [-0.25, -0.2) is 9.59 Å². The van der Waals surface area contributed by atoms with E-state index in [0.717, 1.165) is 18.6 Å². The van der Waals surface area contributed by atoms with Gasteiger partial charge in [0.15, 0.2) is 23.0 Å². The number of ether oxygens (including phenoxy) is 2. The number of benzene rings is 2. The normalized spacial score (nSPS) is 22.5. The van der Waals surface area contributed by atoms with Crippen molar-refractivity contribution in [3.05, 3.63) is 59.7 Å². The van der Waals surface area contributed by atoms with Crippen LogP contribution in [-0.4, -0.2) is 78.9 Å². The second-order valence-electron chi connectivity index (χ2n) is 9.65. The first-order valence-electron chi connectivity index (χ1n) is 12.9. The minimum atomic E-state index is -2.14. The van der Waals surface area contributed by atoms with Crippen LogP contribution in [-0.2, 0) is 23.9 Å². The first-order chi connectivity index (χ1) is 19.4. The molecule has 1 aliphatic carbocycles. The lowest BCUT2D eigenvalue weighted by Crippen LogP contribution is -2.60. The van der Waals surface area contributed by atoms with E-state index in [1.54, 1.807) is 0 Å². The van der Waals surface area contributed by atoms with Crippen LogP contribution < -0.4 is 5.32 Å². The fourth-order valence-electron chi connectivity index (χ4n) is 4.18. The maximum absolute atomic E-state index is 12.9. The van der Waals surface area contributed by atoms with Crippen LogP contribution in [0, 0.1) is 0 Å². The van der Waals surface area contributed by atoms with Gasteiger partial charge in [0.25, 0.3) is 5.91 Å². The van der Waals surface area contributed by atoms with Crippen LogP contribution in [0.3, 0.4) is 0 Å². The highest BCUT2D eigenvalue weighted by molar-refractivity contribution is 5.89. The number of aliphatic hydroxyl groups excluding tert-OH is 1. The van der Waals surface area contributed by atoms with Crippen LogP contribution in [0.5, 0.6) is 23.0 Å². The smallest absolute Gasteiger partial charge is 0.331 e. The molecule has 7 N–H and O–H groups in total. The van der Waals surface area contributed by atoms with Gasteiger partial charge in [0.2, 0.25) is 0 Å². The first-order valence-corrected chi connectivity index (χ1v) is 12.9. The van der Waals surface area contributed by atoms with E-state index in [2.05, 4.69) is 5.32 Å². The molecule has 41 heavy (non-hydrogen) atoms. The molecule has 0 heterocycles. The van der Waals surface area contributed by atoms with Gasteiger partial charge in [-0.05, 0) is 54.0 Å². The van der Waals surface area contributed by atoms with E-state index < -0.39 is 66.1 Å². The minimum absolute atomic E-state index is 0.277. The third kappa shape index (κ3) is 8.47. The standard InChI is InChI=1S/C29H33NO11/c1-2-3-12-30-28(38)29(39)15-23(40-25(35)10-6-17-4-8-19(31)21(33)13-17)27(37)24(16-29)41-26(36)11-7-18-5-9-20(32)22(34)14-18/h4-11,13-14,23-24,27,31-34,37,39H,2-3,12,15-16H2,1H3,(H,30,38)/b10-6+,11-7?/t23-,24-,27?,29?/m1/s1. The summed E-state index contributed by atoms with van der Waals surface area (Å²) in [6, 6.07) is 7.71. The predicted molar refractivity (Wildman–Crippen MR) is 145 cm³/mol. The molecule has 0 spiro atoms. The summed E-state index contributed by atoms with van der Waals surface area (Å²) in [5.41, 5.74) is -1.43. The molecule has 2 aromatic carbocycles. The molecule has 0 bridgehead atoms. The SMILES string of the molecule is CCCCNC(=O)C1(O)C[C@@H](OC(=O)C=Cc2ccc(O)c(O)c2)C(O)[C@H](OC(=O)/C=C/c2ccc(O)c(O)c2)C1. The van der Waals surface area contributed by atoms with Crippen LogP contribution in [0.1, 0.15) is 43.7 Å². The van der Waals surface area contributed by atoms with Crippen molar-refractivity contribution in [3.8, 4) is 23.0 Å². The molecule has 1 aliphatic rings. The number of aliphatic hydroxyl groups is 2. The van der Waals surface area contributed by atoms with Crippen molar-refractivity contribution in [3.63, 3.8) is 0 Å². The molecule has 2 aromatic rings. The number of carbonyl (C=O) groups excluding carboxylic acids is 3. The number of phenolic OH excluding ortho intramolecular Hbond substituents is 4. The number of phenols is 4. The lowest BCUT2D eigenvalue weighted by Gasteiger charge is -2.41. The Hall–Kier alpha value is -4.55. The molecule has 1 saturated carbocycles. The lowest BCUT2D eigenvalue weighted by molar-refractivity contribution is -0.196. The summed E-state index contributed by atoms with van der Waals surface area (Å²) in [6.07, 6.45) is 0.570. The lowest BCUT2D eigenvalue weighted by atomic mass is 9.78. The minimum Gasteiger partial charge on any atom is -0.504 e. The van der Waals surface area contributed by atoms with Crippen LogP contribution in [0.2, 0.25) is 0 Å². The van der Waals surface area contributed by atoms with Gasteiger partial charge in [-0.3, -0.25) is 4.79 Å². The molecule has 2 unspecified atom stereocenters.